The van der Waals surface area contributed by atoms with E-state index in [4.69, 9.17) is 13.5 Å². The Morgan fingerprint density at radius 2 is 1.76 bits per heavy atom. The summed E-state index contributed by atoms with van der Waals surface area (Å²) in [5.41, 5.74) is -0.193. The topological polar surface area (TPSA) is 91.8 Å². The maximum atomic E-state index is 13.5. The summed E-state index contributed by atoms with van der Waals surface area (Å²) < 4.78 is 30.0. The molecule has 0 aliphatic carbocycles. The van der Waals surface area contributed by atoms with Gasteiger partial charge in [0.25, 0.3) is 0 Å². The van der Waals surface area contributed by atoms with E-state index in [1.165, 1.54) is 6.26 Å². The van der Waals surface area contributed by atoms with Crippen molar-refractivity contribution in [2.75, 3.05) is 19.8 Å². The molecule has 1 aromatic carbocycles. The van der Waals surface area contributed by atoms with Gasteiger partial charge in [0.2, 0.25) is 6.54 Å². The van der Waals surface area contributed by atoms with E-state index in [2.05, 4.69) is 0 Å². The molecule has 1 heterocycles. The van der Waals surface area contributed by atoms with Gasteiger partial charge in [0.05, 0.1) is 25.4 Å². The minimum Gasteiger partial charge on any atom is -0.469 e. The third-order valence-corrected chi connectivity index (χ3v) is 6.31. The van der Waals surface area contributed by atoms with Gasteiger partial charge in [-0.25, -0.2) is 0 Å². The Morgan fingerprint density at radius 1 is 1.12 bits per heavy atom. The molecule has 1 aromatic heterocycles. The molecule has 2 aromatic rings. The Morgan fingerprint density at radius 3 is 2.24 bits per heavy atom. The Labute approximate surface area is 146 Å². The molecule has 0 spiro atoms. The lowest BCUT2D eigenvalue weighted by Gasteiger charge is -2.30. The molecule has 7 nitrogen and oxygen atoms in total. The number of nitrogens with zero attached hydrogens (tertiary/aromatic N) is 1. The molecule has 0 aliphatic rings. The van der Waals surface area contributed by atoms with Crippen LogP contribution >= 0.6 is 7.60 Å². The summed E-state index contributed by atoms with van der Waals surface area (Å²) >= 11 is 0. The number of nitro groups is 1. The number of benzene rings is 1. The van der Waals surface area contributed by atoms with Gasteiger partial charge in [-0.1, -0.05) is 30.3 Å². The van der Waals surface area contributed by atoms with Crippen molar-refractivity contribution in [2.45, 2.75) is 25.4 Å². The van der Waals surface area contributed by atoms with Crippen molar-refractivity contribution in [3.63, 3.8) is 0 Å². The molecule has 0 saturated carbocycles. The van der Waals surface area contributed by atoms with E-state index in [9.17, 15) is 14.7 Å². The van der Waals surface area contributed by atoms with Crippen LogP contribution in [0.15, 0.2) is 53.1 Å². The van der Waals surface area contributed by atoms with Crippen LogP contribution in [0.5, 0.6) is 0 Å². The van der Waals surface area contributed by atoms with Crippen LogP contribution < -0.4 is 0 Å². The zero-order chi connectivity index (χ0) is 18.3. The van der Waals surface area contributed by atoms with E-state index in [0.717, 1.165) is 0 Å². The van der Waals surface area contributed by atoms with Gasteiger partial charge < -0.3 is 13.5 Å². The number of rotatable bonds is 10. The van der Waals surface area contributed by atoms with Crippen molar-refractivity contribution in [2.24, 2.45) is 0 Å². The molecule has 0 aliphatic heterocycles. The normalized spacial score (nSPS) is 14.2. The predicted molar refractivity (Wildman–Crippen MR) is 93.4 cm³/mol. The highest BCUT2D eigenvalue weighted by atomic mass is 31.2. The van der Waals surface area contributed by atoms with Crippen molar-refractivity contribution in [3.05, 3.63) is 70.2 Å². The van der Waals surface area contributed by atoms with E-state index in [0.29, 0.717) is 11.3 Å². The van der Waals surface area contributed by atoms with Crippen LogP contribution in [0.4, 0.5) is 0 Å². The van der Waals surface area contributed by atoms with Crippen LogP contribution in [0.3, 0.4) is 0 Å². The van der Waals surface area contributed by atoms with Crippen LogP contribution in [-0.2, 0) is 13.6 Å². The quantitative estimate of drug-likeness (QED) is 0.345. The van der Waals surface area contributed by atoms with Crippen LogP contribution in [0.25, 0.3) is 0 Å². The van der Waals surface area contributed by atoms with Crippen molar-refractivity contribution in [3.8, 4) is 0 Å². The highest BCUT2D eigenvalue weighted by molar-refractivity contribution is 7.54. The first-order valence-corrected chi connectivity index (χ1v) is 9.72. The third kappa shape index (κ3) is 4.78. The third-order valence-electron chi connectivity index (χ3n) is 3.74. The van der Waals surface area contributed by atoms with Gasteiger partial charge in [-0.15, -0.1) is 0 Å². The zero-order valence-corrected chi connectivity index (χ0v) is 15.1. The predicted octanol–water partition coefficient (Wildman–Crippen LogP) is 4.65. The highest BCUT2D eigenvalue weighted by Crippen LogP contribution is 2.65. The number of furan rings is 1. The smallest absolute Gasteiger partial charge is 0.339 e. The first-order valence-electron chi connectivity index (χ1n) is 8.10. The maximum Gasteiger partial charge on any atom is 0.339 e. The molecule has 0 unspecified atom stereocenters. The lowest BCUT2D eigenvalue weighted by Crippen LogP contribution is -2.22. The molecule has 2 rings (SSSR count). The number of hydrogen-bond donors (Lipinski definition) is 0. The van der Waals surface area contributed by atoms with E-state index < -0.39 is 30.6 Å². The van der Waals surface area contributed by atoms with Crippen LogP contribution in [0.2, 0.25) is 0 Å². The maximum absolute atomic E-state index is 13.5. The lowest BCUT2D eigenvalue weighted by molar-refractivity contribution is -0.484. The molecule has 0 radical (unpaired) electrons. The van der Waals surface area contributed by atoms with Gasteiger partial charge in [-0.05, 0) is 31.5 Å². The van der Waals surface area contributed by atoms with Crippen molar-refractivity contribution < 1.29 is 23.0 Å². The van der Waals surface area contributed by atoms with Crippen LogP contribution in [0, 0.1) is 10.1 Å². The SMILES string of the molecule is CCOP(=O)(OCC)[C@@H](c1ccccc1)[C@H](C[N+](=O)[O-])c1ccco1. The first kappa shape index (κ1) is 19.4. The molecule has 0 N–H and O–H groups in total. The summed E-state index contributed by atoms with van der Waals surface area (Å²) in [6, 6.07) is 12.2. The molecule has 8 heteroatoms. The van der Waals surface area contributed by atoms with E-state index in [-0.39, 0.29) is 13.2 Å². The van der Waals surface area contributed by atoms with E-state index in [1.54, 1.807) is 50.2 Å². The molecule has 2 atom stereocenters. The van der Waals surface area contributed by atoms with Gasteiger partial charge in [0.1, 0.15) is 11.4 Å². The second-order valence-corrected chi connectivity index (χ2v) is 7.52. The second-order valence-electron chi connectivity index (χ2n) is 5.37. The minimum absolute atomic E-state index is 0.171. The fourth-order valence-electron chi connectivity index (χ4n) is 2.85. The van der Waals surface area contributed by atoms with Crippen molar-refractivity contribution >= 4 is 7.60 Å². The molecule has 0 amide bonds. The summed E-state index contributed by atoms with van der Waals surface area (Å²) in [6.07, 6.45) is 1.44. The largest absolute Gasteiger partial charge is 0.469 e. The molecular weight excluding hydrogens is 345 g/mol. The van der Waals surface area contributed by atoms with Crippen LogP contribution in [-0.4, -0.2) is 24.7 Å². The van der Waals surface area contributed by atoms with Gasteiger partial charge >= 0.3 is 7.60 Å². The molecule has 136 valence electrons. The van der Waals surface area contributed by atoms with Crippen molar-refractivity contribution in [1.82, 2.24) is 0 Å². The molecule has 25 heavy (non-hydrogen) atoms. The van der Waals surface area contributed by atoms with E-state index >= 15 is 0 Å². The zero-order valence-electron chi connectivity index (χ0n) is 14.2. The van der Waals surface area contributed by atoms with Gasteiger partial charge in [0.15, 0.2) is 0 Å². The average Bonchev–Trinajstić information content (AvgIpc) is 3.09. The Bertz CT molecular complexity index is 693. The summed E-state index contributed by atoms with van der Waals surface area (Å²) in [4.78, 5) is 10.8. The summed E-state index contributed by atoms with van der Waals surface area (Å²) in [5.74, 6) is -0.401. The second kappa shape index (κ2) is 8.94. The van der Waals surface area contributed by atoms with Gasteiger partial charge in [0, 0.05) is 4.92 Å². The summed E-state index contributed by atoms with van der Waals surface area (Å²) in [5, 5.41) is 11.3. The van der Waals surface area contributed by atoms with Gasteiger partial charge in [-0.2, -0.15) is 0 Å². The summed E-state index contributed by atoms with van der Waals surface area (Å²) in [6.45, 7) is 3.32. The monoisotopic (exact) mass is 367 g/mol. The fraction of sp³-hybridized carbons (Fsp3) is 0.412. The number of hydrogen-bond acceptors (Lipinski definition) is 6. The fourth-order valence-corrected chi connectivity index (χ4v) is 5.19. The van der Waals surface area contributed by atoms with Gasteiger partial charge in [-0.3, -0.25) is 14.7 Å². The molecule has 0 saturated heterocycles. The minimum atomic E-state index is -3.67. The average molecular weight is 367 g/mol. The first-order chi connectivity index (χ1) is 12.0. The molecule has 0 bridgehead atoms. The molecule has 0 fully saturated rings. The summed E-state index contributed by atoms with van der Waals surface area (Å²) in [7, 11) is -3.67. The standard InChI is InChI=1S/C17H22NO6P/c1-3-23-25(21,24-4-2)17(14-9-6-5-7-10-14)15(13-18(19)20)16-11-8-12-22-16/h5-12,15,17H,3-4,13H2,1-2H3/t15-,17+/m1/s1. The Balaban J connectivity index is 2.59. The lowest BCUT2D eigenvalue weighted by atomic mass is 9.96. The Hall–Kier alpha value is -1.95. The highest BCUT2D eigenvalue weighted by Gasteiger charge is 2.46. The Kier molecular flexibility index (Phi) is 6.93. The van der Waals surface area contributed by atoms with E-state index in [1.807, 2.05) is 6.07 Å². The van der Waals surface area contributed by atoms with Crippen LogP contribution in [0.1, 0.15) is 36.7 Å². The molecular formula is C17H22NO6P. The van der Waals surface area contributed by atoms with Crippen molar-refractivity contribution in [1.29, 1.82) is 0 Å².